The second-order valence-electron chi connectivity index (χ2n) is 7.23. The van der Waals surface area contributed by atoms with Gasteiger partial charge in [0.1, 0.15) is 0 Å². The van der Waals surface area contributed by atoms with Gasteiger partial charge < -0.3 is 0 Å². The number of allylic oxidation sites excluding steroid dienone is 4. The van der Waals surface area contributed by atoms with E-state index in [1.807, 2.05) is 24.3 Å². The highest BCUT2D eigenvalue weighted by Crippen LogP contribution is 2.55. The van der Waals surface area contributed by atoms with Crippen LogP contribution in [0.2, 0.25) is 0 Å². The zero-order valence-corrected chi connectivity index (χ0v) is 15.6. The molecular formula is C26H28. The maximum absolute atomic E-state index is 4.07. The summed E-state index contributed by atoms with van der Waals surface area (Å²) in [6.45, 7) is 16.3. The van der Waals surface area contributed by atoms with Crippen LogP contribution in [-0.2, 0) is 10.8 Å². The lowest BCUT2D eigenvalue weighted by molar-refractivity contribution is 0.429. The Morgan fingerprint density at radius 2 is 0.731 bits per heavy atom. The van der Waals surface area contributed by atoms with Crippen LogP contribution in [-0.4, -0.2) is 0 Å². The maximum atomic E-state index is 4.07. The molecule has 1 aliphatic carbocycles. The summed E-state index contributed by atoms with van der Waals surface area (Å²) >= 11 is 0. The van der Waals surface area contributed by atoms with E-state index in [0.717, 1.165) is 25.7 Å². The maximum Gasteiger partial charge on any atom is 0.0277 e. The zero-order chi connectivity index (χ0) is 18.6. The Hall–Kier alpha value is -2.60. The summed E-state index contributed by atoms with van der Waals surface area (Å²) < 4.78 is 0. The number of benzene rings is 2. The smallest absolute Gasteiger partial charge is 0.0277 e. The minimum absolute atomic E-state index is 0.109. The number of rotatable bonds is 8. The number of fused-ring (bicyclic) bond motifs is 2. The van der Waals surface area contributed by atoms with E-state index < -0.39 is 0 Å². The molecular weight excluding hydrogens is 312 g/mol. The van der Waals surface area contributed by atoms with Gasteiger partial charge in [0.25, 0.3) is 0 Å². The van der Waals surface area contributed by atoms with Crippen LogP contribution in [0.5, 0.6) is 0 Å². The monoisotopic (exact) mass is 340 g/mol. The molecule has 0 spiro atoms. The second kappa shape index (κ2) is 7.33. The number of hydrogen-bond donors (Lipinski definition) is 0. The summed E-state index contributed by atoms with van der Waals surface area (Å²) in [6.07, 6.45) is 11.8. The Balaban J connectivity index is 2.45. The predicted molar refractivity (Wildman–Crippen MR) is 114 cm³/mol. The second-order valence-corrected chi connectivity index (χ2v) is 7.23. The largest absolute Gasteiger partial charge is 0.103 e. The summed E-state index contributed by atoms with van der Waals surface area (Å²) in [5.74, 6) is 0. The highest BCUT2D eigenvalue weighted by molar-refractivity contribution is 5.61. The molecule has 0 aliphatic heterocycles. The molecule has 0 bridgehead atoms. The van der Waals surface area contributed by atoms with Gasteiger partial charge in [0.05, 0.1) is 0 Å². The zero-order valence-electron chi connectivity index (χ0n) is 15.6. The topological polar surface area (TPSA) is 0 Å². The van der Waals surface area contributed by atoms with Crippen molar-refractivity contribution < 1.29 is 0 Å². The van der Waals surface area contributed by atoms with Gasteiger partial charge in [-0.15, -0.1) is 26.3 Å². The molecule has 1 aliphatic rings. The Morgan fingerprint density at radius 1 is 0.500 bits per heavy atom. The normalized spacial score (nSPS) is 16.0. The van der Waals surface area contributed by atoms with E-state index in [9.17, 15) is 0 Å². The first-order valence-corrected chi connectivity index (χ1v) is 9.33. The standard InChI is InChI=1S/C26H28/c1-5-17-25(18-6-2)21-13-9-11-15-23(21)26(19-7-3,20-8-4)24-16-12-10-14-22(24)25/h5-16H,1-4,17-20H2. The van der Waals surface area contributed by atoms with Crippen molar-refractivity contribution in [1.82, 2.24) is 0 Å². The van der Waals surface area contributed by atoms with Crippen molar-refractivity contribution in [3.63, 3.8) is 0 Å². The van der Waals surface area contributed by atoms with Gasteiger partial charge in [-0.3, -0.25) is 0 Å². The van der Waals surface area contributed by atoms with E-state index in [1.165, 1.54) is 22.3 Å². The van der Waals surface area contributed by atoms with Crippen LogP contribution < -0.4 is 0 Å². The van der Waals surface area contributed by atoms with Gasteiger partial charge in [0.2, 0.25) is 0 Å². The van der Waals surface area contributed by atoms with Crippen LogP contribution in [0.15, 0.2) is 99.2 Å². The Bertz CT molecular complexity index is 695. The lowest BCUT2D eigenvalue weighted by Gasteiger charge is -2.49. The predicted octanol–water partition coefficient (Wildman–Crippen LogP) is 6.88. The Labute approximate surface area is 158 Å². The van der Waals surface area contributed by atoms with Crippen LogP contribution in [0.25, 0.3) is 0 Å². The molecule has 0 N–H and O–H groups in total. The van der Waals surface area contributed by atoms with Crippen LogP contribution in [0.4, 0.5) is 0 Å². The van der Waals surface area contributed by atoms with Gasteiger partial charge in [-0.05, 0) is 47.9 Å². The minimum atomic E-state index is -0.109. The molecule has 2 aromatic rings. The van der Waals surface area contributed by atoms with Gasteiger partial charge in [0.15, 0.2) is 0 Å². The highest BCUT2D eigenvalue weighted by Gasteiger charge is 2.48. The van der Waals surface area contributed by atoms with E-state index >= 15 is 0 Å². The molecule has 0 radical (unpaired) electrons. The first-order chi connectivity index (χ1) is 12.7. The van der Waals surface area contributed by atoms with Crippen molar-refractivity contribution in [1.29, 1.82) is 0 Å². The molecule has 0 heterocycles. The van der Waals surface area contributed by atoms with E-state index in [1.54, 1.807) is 0 Å². The molecule has 0 atom stereocenters. The molecule has 0 heteroatoms. The van der Waals surface area contributed by atoms with Crippen LogP contribution in [0, 0.1) is 0 Å². The molecule has 0 saturated carbocycles. The highest BCUT2D eigenvalue weighted by atomic mass is 14.5. The molecule has 2 aromatic carbocycles. The lowest BCUT2D eigenvalue weighted by atomic mass is 9.54. The first-order valence-electron chi connectivity index (χ1n) is 9.33. The summed E-state index contributed by atoms with van der Waals surface area (Å²) in [5, 5.41) is 0. The van der Waals surface area contributed by atoms with Crippen LogP contribution >= 0.6 is 0 Å². The summed E-state index contributed by atoms with van der Waals surface area (Å²) in [4.78, 5) is 0. The van der Waals surface area contributed by atoms with Crippen molar-refractivity contribution in [3.8, 4) is 0 Å². The summed E-state index contributed by atoms with van der Waals surface area (Å²) in [6, 6.07) is 17.8. The van der Waals surface area contributed by atoms with Crippen LogP contribution in [0.3, 0.4) is 0 Å². The van der Waals surface area contributed by atoms with E-state index in [4.69, 9.17) is 0 Å². The molecule has 0 unspecified atom stereocenters. The average Bonchev–Trinajstić information content (AvgIpc) is 2.67. The Morgan fingerprint density at radius 3 is 0.923 bits per heavy atom. The Kier molecular flexibility index (Phi) is 5.13. The number of hydrogen-bond acceptors (Lipinski definition) is 0. The van der Waals surface area contributed by atoms with E-state index in [0.29, 0.717) is 0 Å². The molecule has 26 heavy (non-hydrogen) atoms. The third kappa shape index (κ3) is 2.52. The van der Waals surface area contributed by atoms with Gasteiger partial charge >= 0.3 is 0 Å². The quantitative estimate of drug-likeness (QED) is 0.460. The third-order valence-corrected chi connectivity index (χ3v) is 5.89. The molecule has 0 amide bonds. The van der Waals surface area contributed by atoms with Crippen molar-refractivity contribution in [2.45, 2.75) is 36.5 Å². The fourth-order valence-corrected chi connectivity index (χ4v) is 4.96. The fraction of sp³-hybridized carbons (Fsp3) is 0.231. The first kappa shape index (κ1) is 18.2. The molecule has 0 saturated heterocycles. The van der Waals surface area contributed by atoms with Crippen molar-refractivity contribution in [3.05, 3.63) is 121 Å². The lowest BCUT2D eigenvalue weighted by Crippen LogP contribution is -2.42. The van der Waals surface area contributed by atoms with E-state index in [2.05, 4.69) is 74.8 Å². The summed E-state index contributed by atoms with van der Waals surface area (Å²) in [5.41, 5.74) is 5.35. The fourth-order valence-electron chi connectivity index (χ4n) is 4.96. The molecule has 0 nitrogen and oxygen atoms in total. The van der Waals surface area contributed by atoms with Gasteiger partial charge in [-0.1, -0.05) is 72.8 Å². The van der Waals surface area contributed by atoms with Gasteiger partial charge in [0, 0.05) is 10.8 Å². The summed E-state index contributed by atoms with van der Waals surface area (Å²) in [7, 11) is 0. The minimum Gasteiger partial charge on any atom is -0.103 e. The van der Waals surface area contributed by atoms with E-state index in [-0.39, 0.29) is 10.8 Å². The SMILES string of the molecule is C=CCC1(CC=C)c2ccccc2C(CC=C)(CC=C)c2ccccc21. The third-order valence-electron chi connectivity index (χ3n) is 5.89. The van der Waals surface area contributed by atoms with Crippen LogP contribution in [0.1, 0.15) is 47.9 Å². The molecule has 0 fully saturated rings. The molecule has 132 valence electrons. The van der Waals surface area contributed by atoms with Crippen molar-refractivity contribution in [2.75, 3.05) is 0 Å². The average molecular weight is 341 g/mol. The van der Waals surface area contributed by atoms with Crippen molar-refractivity contribution in [2.24, 2.45) is 0 Å². The molecule has 3 rings (SSSR count). The van der Waals surface area contributed by atoms with Gasteiger partial charge in [-0.25, -0.2) is 0 Å². The van der Waals surface area contributed by atoms with Crippen molar-refractivity contribution >= 4 is 0 Å². The van der Waals surface area contributed by atoms with Gasteiger partial charge in [-0.2, -0.15) is 0 Å². The molecule has 0 aromatic heterocycles.